The summed E-state index contributed by atoms with van der Waals surface area (Å²) in [6.07, 6.45) is 5.17. The maximum atomic E-state index is 12.3. The zero-order chi connectivity index (χ0) is 14.3. The fraction of sp³-hybridized carbons (Fsp3) is 0.933. The second-order valence-electron chi connectivity index (χ2n) is 5.99. The van der Waals surface area contributed by atoms with Gasteiger partial charge in [-0.05, 0) is 38.0 Å². The first-order chi connectivity index (χ1) is 9.04. The Morgan fingerprint density at radius 1 is 1.37 bits per heavy atom. The number of nitrogens with zero attached hydrogens (tertiary/aromatic N) is 1. The molecule has 4 nitrogen and oxygen atoms in total. The van der Waals surface area contributed by atoms with Gasteiger partial charge in [-0.15, -0.1) is 0 Å². The summed E-state index contributed by atoms with van der Waals surface area (Å²) in [6, 6.07) is -0.340. The molecule has 2 N–H and O–H groups in total. The highest BCUT2D eigenvalue weighted by atomic mass is 16.5. The maximum absolute atomic E-state index is 12.3. The lowest BCUT2D eigenvalue weighted by molar-refractivity contribution is -0.133. The molecule has 112 valence electrons. The van der Waals surface area contributed by atoms with Gasteiger partial charge in [-0.2, -0.15) is 0 Å². The van der Waals surface area contributed by atoms with Gasteiger partial charge < -0.3 is 15.4 Å². The first-order valence-electron chi connectivity index (χ1n) is 7.70. The summed E-state index contributed by atoms with van der Waals surface area (Å²) in [7, 11) is 0. The fourth-order valence-corrected chi connectivity index (χ4v) is 2.58. The van der Waals surface area contributed by atoms with Crippen LogP contribution < -0.4 is 5.73 Å². The third-order valence-electron chi connectivity index (χ3n) is 3.59. The highest BCUT2D eigenvalue weighted by Gasteiger charge is 2.25. The third-order valence-corrected chi connectivity index (χ3v) is 3.59. The van der Waals surface area contributed by atoms with E-state index in [0.29, 0.717) is 12.0 Å². The van der Waals surface area contributed by atoms with Crippen molar-refractivity contribution in [3.05, 3.63) is 0 Å². The van der Waals surface area contributed by atoms with Crippen molar-refractivity contribution in [3.63, 3.8) is 0 Å². The van der Waals surface area contributed by atoms with Gasteiger partial charge in [-0.25, -0.2) is 0 Å². The van der Waals surface area contributed by atoms with E-state index in [4.69, 9.17) is 10.5 Å². The average molecular weight is 270 g/mol. The van der Waals surface area contributed by atoms with Crippen LogP contribution in [0.15, 0.2) is 0 Å². The van der Waals surface area contributed by atoms with Crippen molar-refractivity contribution in [2.24, 2.45) is 11.7 Å². The summed E-state index contributed by atoms with van der Waals surface area (Å²) < 4.78 is 5.80. The molecule has 0 saturated carbocycles. The molecule has 1 rings (SSSR count). The Labute approximate surface area is 117 Å². The molecule has 1 amide bonds. The van der Waals surface area contributed by atoms with Gasteiger partial charge in [-0.3, -0.25) is 4.79 Å². The lowest BCUT2D eigenvalue weighted by Gasteiger charge is -2.25. The number of hydrogen-bond donors (Lipinski definition) is 1. The van der Waals surface area contributed by atoms with Crippen LogP contribution >= 0.6 is 0 Å². The number of hydrogen-bond acceptors (Lipinski definition) is 3. The molecule has 1 heterocycles. The van der Waals surface area contributed by atoms with Gasteiger partial charge in [0.15, 0.2) is 0 Å². The highest BCUT2D eigenvalue weighted by Crippen LogP contribution is 2.16. The van der Waals surface area contributed by atoms with Crippen molar-refractivity contribution < 1.29 is 9.53 Å². The summed E-state index contributed by atoms with van der Waals surface area (Å²) in [6.45, 7) is 8.77. The van der Waals surface area contributed by atoms with Gasteiger partial charge in [0.25, 0.3) is 0 Å². The molecule has 1 unspecified atom stereocenters. The zero-order valence-corrected chi connectivity index (χ0v) is 12.7. The molecule has 0 bridgehead atoms. The van der Waals surface area contributed by atoms with Crippen molar-refractivity contribution in [1.82, 2.24) is 4.90 Å². The molecule has 0 radical (unpaired) electrons. The molecule has 1 saturated heterocycles. The summed E-state index contributed by atoms with van der Waals surface area (Å²) >= 11 is 0. The van der Waals surface area contributed by atoms with E-state index in [9.17, 15) is 4.79 Å². The van der Waals surface area contributed by atoms with E-state index in [0.717, 1.165) is 51.8 Å². The number of nitrogens with two attached hydrogens (primary N) is 1. The Kier molecular flexibility index (Phi) is 7.39. The summed E-state index contributed by atoms with van der Waals surface area (Å²) in [5.41, 5.74) is 5.99. The van der Waals surface area contributed by atoms with Gasteiger partial charge in [0.2, 0.25) is 5.91 Å². The Hall–Kier alpha value is -0.610. The molecule has 0 aromatic carbocycles. The highest BCUT2D eigenvalue weighted by molar-refractivity contribution is 5.81. The van der Waals surface area contributed by atoms with Gasteiger partial charge in [0, 0.05) is 19.7 Å². The number of carbonyl (C=O) groups excluding carboxylic acids is 1. The number of rotatable bonds is 6. The first-order valence-corrected chi connectivity index (χ1v) is 7.70. The molecule has 19 heavy (non-hydrogen) atoms. The lowest BCUT2D eigenvalue weighted by Crippen LogP contribution is -2.44. The maximum Gasteiger partial charge on any atom is 0.239 e. The van der Waals surface area contributed by atoms with Crippen LogP contribution in [0.3, 0.4) is 0 Å². The molecule has 4 heteroatoms. The molecule has 1 fully saturated rings. The van der Waals surface area contributed by atoms with E-state index >= 15 is 0 Å². The minimum atomic E-state index is -0.340. The van der Waals surface area contributed by atoms with Crippen molar-refractivity contribution in [3.8, 4) is 0 Å². The quantitative estimate of drug-likeness (QED) is 0.804. The first kappa shape index (κ1) is 16.4. The van der Waals surface area contributed by atoms with E-state index in [1.807, 2.05) is 4.90 Å². The van der Waals surface area contributed by atoms with Crippen molar-refractivity contribution in [2.75, 3.05) is 19.7 Å². The van der Waals surface area contributed by atoms with Crippen LogP contribution in [-0.4, -0.2) is 42.6 Å². The average Bonchev–Trinajstić information content (AvgIpc) is 2.60. The molecule has 1 aliphatic rings. The minimum absolute atomic E-state index is 0.116. The topological polar surface area (TPSA) is 55.6 Å². The summed E-state index contributed by atoms with van der Waals surface area (Å²) in [5.74, 6) is 0.580. The molecule has 2 atom stereocenters. The standard InChI is InChI=1S/C15H30N2O2/c1-4-10-19-13-6-5-8-17(9-7-13)15(18)14(16)11-12(2)3/h12-14H,4-11,16H2,1-3H3/t13?,14-/m0/s1. The normalized spacial score (nSPS) is 22.4. The van der Waals surface area contributed by atoms with Crippen LogP contribution in [0, 0.1) is 5.92 Å². The van der Waals surface area contributed by atoms with E-state index in [2.05, 4.69) is 20.8 Å². The number of likely N-dealkylation sites (tertiary alicyclic amines) is 1. The van der Waals surface area contributed by atoms with Crippen LogP contribution in [0.2, 0.25) is 0 Å². The van der Waals surface area contributed by atoms with Crippen LogP contribution in [0.4, 0.5) is 0 Å². The smallest absolute Gasteiger partial charge is 0.239 e. The Morgan fingerprint density at radius 3 is 2.74 bits per heavy atom. The second kappa shape index (κ2) is 8.54. The molecule has 0 spiro atoms. The number of carbonyl (C=O) groups is 1. The number of ether oxygens (including phenoxy) is 1. The van der Waals surface area contributed by atoms with Gasteiger partial charge in [0.1, 0.15) is 0 Å². The molecule has 0 aromatic heterocycles. The number of amides is 1. The van der Waals surface area contributed by atoms with Crippen LogP contribution in [0.5, 0.6) is 0 Å². The van der Waals surface area contributed by atoms with Gasteiger partial charge >= 0.3 is 0 Å². The largest absolute Gasteiger partial charge is 0.378 e. The van der Waals surface area contributed by atoms with Gasteiger partial charge in [0.05, 0.1) is 12.1 Å². The fourth-order valence-electron chi connectivity index (χ4n) is 2.58. The molecular weight excluding hydrogens is 240 g/mol. The van der Waals surface area contributed by atoms with Crippen LogP contribution in [0.25, 0.3) is 0 Å². The third kappa shape index (κ3) is 5.91. The van der Waals surface area contributed by atoms with E-state index in [1.54, 1.807) is 0 Å². The van der Waals surface area contributed by atoms with Crippen LogP contribution in [0.1, 0.15) is 52.9 Å². The minimum Gasteiger partial charge on any atom is -0.378 e. The molecule has 1 aliphatic heterocycles. The monoisotopic (exact) mass is 270 g/mol. The Bertz CT molecular complexity index is 269. The van der Waals surface area contributed by atoms with Crippen molar-refractivity contribution >= 4 is 5.91 Å². The van der Waals surface area contributed by atoms with E-state index < -0.39 is 0 Å². The van der Waals surface area contributed by atoms with Crippen molar-refractivity contribution in [1.29, 1.82) is 0 Å². The zero-order valence-electron chi connectivity index (χ0n) is 12.7. The molecule has 0 aliphatic carbocycles. The van der Waals surface area contributed by atoms with Gasteiger partial charge in [-0.1, -0.05) is 20.8 Å². The summed E-state index contributed by atoms with van der Waals surface area (Å²) in [5, 5.41) is 0. The van der Waals surface area contributed by atoms with E-state index in [-0.39, 0.29) is 11.9 Å². The van der Waals surface area contributed by atoms with E-state index in [1.165, 1.54) is 0 Å². The second-order valence-corrected chi connectivity index (χ2v) is 5.99. The predicted molar refractivity (Wildman–Crippen MR) is 77.9 cm³/mol. The summed E-state index contributed by atoms with van der Waals surface area (Å²) in [4.78, 5) is 14.2. The van der Waals surface area contributed by atoms with Crippen molar-refractivity contribution in [2.45, 2.75) is 65.0 Å². The Morgan fingerprint density at radius 2 is 2.11 bits per heavy atom. The SMILES string of the molecule is CCCOC1CCCN(C(=O)[C@@H](N)CC(C)C)CC1. The predicted octanol–water partition coefficient (Wildman–Crippen LogP) is 2.17. The lowest BCUT2D eigenvalue weighted by atomic mass is 10.0. The van der Waals surface area contributed by atoms with Crippen LogP contribution in [-0.2, 0) is 9.53 Å². The Balaban J connectivity index is 2.41. The molecular formula is C15H30N2O2. The molecule has 0 aromatic rings.